The number of ketones is 1. The maximum atomic E-state index is 11.1. The van der Waals surface area contributed by atoms with Gasteiger partial charge in [0.25, 0.3) is 0 Å². The maximum Gasteiger partial charge on any atom is 0.162 e. The van der Waals surface area contributed by atoms with E-state index in [-0.39, 0.29) is 5.78 Å². The predicted molar refractivity (Wildman–Crippen MR) is 50.6 cm³/mol. The Morgan fingerprint density at radius 1 is 1.50 bits per heavy atom. The Hall–Kier alpha value is -1.02. The molecule has 1 aromatic rings. The standard InChI is InChI=1S/C9H10ClNO/c1-5-3-4-7(10)9(11)8(5)6(2)12/h3-4H,11H2,1-2H3. The van der Waals surface area contributed by atoms with Crippen molar-refractivity contribution < 1.29 is 4.79 Å². The lowest BCUT2D eigenvalue weighted by atomic mass is 10.0. The zero-order valence-corrected chi connectivity index (χ0v) is 7.77. The van der Waals surface area contributed by atoms with Crippen LogP contribution in [0.15, 0.2) is 12.1 Å². The van der Waals surface area contributed by atoms with E-state index < -0.39 is 0 Å². The van der Waals surface area contributed by atoms with Crippen molar-refractivity contribution in [2.45, 2.75) is 13.8 Å². The van der Waals surface area contributed by atoms with Crippen LogP contribution in [0.1, 0.15) is 22.8 Å². The molecule has 0 bridgehead atoms. The van der Waals surface area contributed by atoms with Crippen LogP contribution in [-0.2, 0) is 0 Å². The number of hydrogen-bond donors (Lipinski definition) is 1. The number of Topliss-reactive ketones (excluding diaryl/α,β-unsaturated/α-hetero) is 1. The van der Waals surface area contributed by atoms with E-state index in [9.17, 15) is 4.79 Å². The summed E-state index contributed by atoms with van der Waals surface area (Å²) in [6.07, 6.45) is 0. The Labute approximate surface area is 76.3 Å². The molecule has 0 spiro atoms. The largest absolute Gasteiger partial charge is 0.397 e. The number of halogens is 1. The molecule has 12 heavy (non-hydrogen) atoms. The smallest absolute Gasteiger partial charge is 0.162 e. The van der Waals surface area contributed by atoms with Crippen LogP contribution in [0.2, 0.25) is 5.02 Å². The Kier molecular flexibility index (Phi) is 2.38. The number of carbonyl (C=O) groups excluding carboxylic acids is 1. The van der Waals surface area contributed by atoms with E-state index >= 15 is 0 Å². The number of hydrogen-bond acceptors (Lipinski definition) is 2. The minimum absolute atomic E-state index is 0.0486. The third kappa shape index (κ3) is 1.43. The number of aryl methyl sites for hydroxylation is 1. The molecule has 2 N–H and O–H groups in total. The van der Waals surface area contributed by atoms with Crippen molar-refractivity contribution in [3.05, 3.63) is 28.3 Å². The number of anilines is 1. The highest BCUT2D eigenvalue weighted by molar-refractivity contribution is 6.34. The molecule has 3 heteroatoms. The minimum Gasteiger partial charge on any atom is -0.397 e. The maximum absolute atomic E-state index is 11.1. The van der Waals surface area contributed by atoms with Gasteiger partial charge in [0.15, 0.2) is 5.78 Å². The van der Waals surface area contributed by atoms with Gasteiger partial charge in [0.05, 0.1) is 10.7 Å². The van der Waals surface area contributed by atoms with Crippen molar-refractivity contribution in [1.29, 1.82) is 0 Å². The molecule has 2 nitrogen and oxygen atoms in total. The van der Waals surface area contributed by atoms with Crippen molar-refractivity contribution in [2.75, 3.05) is 5.73 Å². The first kappa shape index (κ1) is 9.07. The lowest BCUT2D eigenvalue weighted by Gasteiger charge is -2.06. The van der Waals surface area contributed by atoms with E-state index in [1.165, 1.54) is 6.92 Å². The molecule has 0 saturated carbocycles. The Morgan fingerprint density at radius 3 is 2.50 bits per heavy atom. The number of rotatable bonds is 1. The molecule has 1 aromatic carbocycles. The lowest BCUT2D eigenvalue weighted by molar-refractivity contribution is 0.101. The van der Waals surface area contributed by atoms with Gasteiger partial charge in [0.2, 0.25) is 0 Å². The normalized spacial score (nSPS) is 9.92. The van der Waals surface area contributed by atoms with Crippen molar-refractivity contribution >= 4 is 23.1 Å². The molecule has 0 radical (unpaired) electrons. The van der Waals surface area contributed by atoms with Gasteiger partial charge < -0.3 is 5.73 Å². The summed E-state index contributed by atoms with van der Waals surface area (Å²) in [4.78, 5) is 11.1. The summed E-state index contributed by atoms with van der Waals surface area (Å²) in [6, 6.07) is 3.48. The summed E-state index contributed by atoms with van der Waals surface area (Å²) in [5.74, 6) is -0.0486. The number of nitrogen functional groups attached to an aromatic ring is 1. The quantitative estimate of drug-likeness (QED) is 0.537. The summed E-state index contributed by atoms with van der Waals surface area (Å²) in [5, 5.41) is 0.436. The summed E-state index contributed by atoms with van der Waals surface area (Å²) >= 11 is 5.75. The summed E-state index contributed by atoms with van der Waals surface area (Å²) < 4.78 is 0. The van der Waals surface area contributed by atoms with Gasteiger partial charge in [-0.25, -0.2) is 0 Å². The fourth-order valence-corrected chi connectivity index (χ4v) is 1.33. The molecular weight excluding hydrogens is 174 g/mol. The fraction of sp³-hybridized carbons (Fsp3) is 0.222. The van der Waals surface area contributed by atoms with E-state index in [0.29, 0.717) is 16.3 Å². The van der Waals surface area contributed by atoms with Crippen molar-refractivity contribution in [3.8, 4) is 0 Å². The predicted octanol–water partition coefficient (Wildman–Crippen LogP) is 2.43. The van der Waals surface area contributed by atoms with Gasteiger partial charge in [0, 0.05) is 5.56 Å². The molecular formula is C9H10ClNO. The number of carbonyl (C=O) groups is 1. The summed E-state index contributed by atoms with van der Waals surface area (Å²) in [6.45, 7) is 3.32. The van der Waals surface area contributed by atoms with Crippen LogP contribution >= 0.6 is 11.6 Å². The minimum atomic E-state index is -0.0486. The van der Waals surface area contributed by atoms with Gasteiger partial charge >= 0.3 is 0 Å². The second-order valence-electron chi connectivity index (χ2n) is 2.71. The van der Waals surface area contributed by atoms with Gasteiger partial charge in [-0.15, -0.1) is 0 Å². The summed E-state index contributed by atoms with van der Waals surface area (Å²) in [7, 11) is 0. The van der Waals surface area contributed by atoms with Crippen LogP contribution < -0.4 is 5.73 Å². The van der Waals surface area contributed by atoms with Crippen LogP contribution in [0.4, 0.5) is 5.69 Å². The van der Waals surface area contributed by atoms with Gasteiger partial charge in [-0.2, -0.15) is 0 Å². The molecule has 0 amide bonds. The monoisotopic (exact) mass is 183 g/mol. The average molecular weight is 184 g/mol. The summed E-state index contributed by atoms with van der Waals surface area (Å²) in [5.41, 5.74) is 7.41. The van der Waals surface area contributed by atoms with Crippen LogP contribution in [-0.4, -0.2) is 5.78 Å². The van der Waals surface area contributed by atoms with Gasteiger partial charge in [-0.05, 0) is 25.5 Å². The van der Waals surface area contributed by atoms with Crippen LogP contribution in [0.25, 0.3) is 0 Å². The molecule has 0 unspecified atom stereocenters. The Balaban J connectivity index is 3.43. The first-order valence-corrected chi connectivity index (χ1v) is 3.97. The fourth-order valence-electron chi connectivity index (χ4n) is 1.17. The van der Waals surface area contributed by atoms with E-state index in [4.69, 9.17) is 17.3 Å². The molecule has 0 aliphatic heterocycles. The first-order chi connectivity index (χ1) is 5.54. The van der Waals surface area contributed by atoms with Gasteiger partial charge in [0.1, 0.15) is 0 Å². The Bertz CT molecular complexity index is 334. The number of nitrogens with two attached hydrogens (primary N) is 1. The highest BCUT2D eigenvalue weighted by atomic mass is 35.5. The topological polar surface area (TPSA) is 43.1 Å². The molecule has 0 aliphatic rings. The zero-order chi connectivity index (χ0) is 9.30. The van der Waals surface area contributed by atoms with E-state index in [1.807, 2.05) is 6.92 Å². The van der Waals surface area contributed by atoms with Crippen molar-refractivity contribution in [1.82, 2.24) is 0 Å². The molecule has 0 fully saturated rings. The third-order valence-electron chi connectivity index (χ3n) is 1.75. The highest BCUT2D eigenvalue weighted by Crippen LogP contribution is 2.25. The molecule has 64 valence electrons. The molecule has 0 atom stereocenters. The van der Waals surface area contributed by atoms with Crippen molar-refractivity contribution in [3.63, 3.8) is 0 Å². The Morgan fingerprint density at radius 2 is 2.08 bits per heavy atom. The van der Waals surface area contributed by atoms with E-state index in [0.717, 1.165) is 5.56 Å². The second kappa shape index (κ2) is 3.15. The zero-order valence-electron chi connectivity index (χ0n) is 7.02. The molecule has 0 heterocycles. The molecule has 0 aliphatic carbocycles. The van der Waals surface area contributed by atoms with Gasteiger partial charge in [-0.3, -0.25) is 4.79 Å². The SMILES string of the molecule is CC(=O)c1c(C)ccc(Cl)c1N. The van der Waals surface area contributed by atoms with Gasteiger partial charge in [-0.1, -0.05) is 17.7 Å². The molecule has 0 saturated heterocycles. The van der Waals surface area contributed by atoms with E-state index in [1.54, 1.807) is 12.1 Å². The molecule has 1 rings (SSSR count). The lowest BCUT2D eigenvalue weighted by Crippen LogP contribution is -2.02. The van der Waals surface area contributed by atoms with Crippen LogP contribution in [0, 0.1) is 6.92 Å². The van der Waals surface area contributed by atoms with Crippen LogP contribution in [0.3, 0.4) is 0 Å². The third-order valence-corrected chi connectivity index (χ3v) is 2.08. The molecule has 0 aromatic heterocycles. The number of benzene rings is 1. The average Bonchev–Trinajstić information content (AvgIpc) is 1.97. The highest BCUT2D eigenvalue weighted by Gasteiger charge is 2.10. The van der Waals surface area contributed by atoms with Crippen molar-refractivity contribution in [2.24, 2.45) is 0 Å². The first-order valence-electron chi connectivity index (χ1n) is 3.59. The van der Waals surface area contributed by atoms with E-state index in [2.05, 4.69) is 0 Å². The van der Waals surface area contributed by atoms with Crippen LogP contribution in [0.5, 0.6) is 0 Å². The second-order valence-corrected chi connectivity index (χ2v) is 3.12.